The van der Waals surface area contributed by atoms with Crippen LogP contribution in [-0.2, 0) is 20.9 Å². The Hall–Kier alpha value is -2.16. The molecule has 0 radical (unpaired) electrons. The molecule has 8 nitrogen and oxygen atoms in total. The van der Waals surface area contributed by atoms with E-state index < -0.39 is 18.4 Å². The van der Waals surface area contributed by atoms with Gasteiger partial charge in [-0.15, -0.1) is 0 Å². The topological polar surface area (TPSA) is 82.6 Å². The number of piperazine rings is 1. The molecule has 4 fully saturated rings. The van der Waals surface area contributed by atoms with Crippen LogP contribution < -0.4 is 0 Å². The fraction of sp³-hybridized carbons (Fsp3) is 0.667. The lowest BCUT2D eigenvalue weighted by Crippen LogP contribution is -2.62. The molecule has 4 unspecified atom stereocenters. The third-order valence-electron chi connectivity index (χ3n) is 7.79. The second-order valence-electron chi connectivity index (χ2n) is 9.77. The van der Waals surface area contributed by atoms with E-state index in [9.17, 15) is 14.7 Å². The third kappa shape index (κ3) is 4.11. The highest BCUT2D eigenvalue weighted by Gasteiger charge is 2.51. The summed E-state index contributed by atoms with van der Waals surface area (Å²) in [6, 6.07) is 8.93. The fourth-order valence-electron chi connectivity index (χ4n) is 5.37. The Labute approximate surface area is 189 Å². The lowest BCUT2D eigenvalue weighted by atomic mass is 9.90. The zero-order valence-electron chi connectivity index (χ0n) is 18.7. The lowest BCUT2D eigenvalue weighted by Gasteiger charge is -2.42. The van der Waals surface area contributed by atoms with Crippen molar-refractivity contribution in [1.82, 2.24) is 14.7 Å². The smallest absolute Gasteiger partial charge is 0.410 e. The van der Waals surface area contributed by atoms with Crippen molar-refractivity contribution in [3.63, 3.8) is 0 Å². The molecule has 4 atom stereocenters. The largest absolute Gasteiger partial charge is 0.445 e. The molecule has 1 saturated carbocycles. The normalized spacial score (nSPS) is 31.6. The summed E-state index contributed by atoms with van der Waals surface area (Å²) >= 11 is 0. The number of piperidine rings is 1. The molecule has 32 heavy (non-hydrogen) atoms. The van der Waals surface area contributed by atoms with E-state index in [-0.39, 0.29) is 30.1 Å². The Balaban J connectivity index is 1.14. The number of carbonyl (C=O) groups is 2. The first kappa shape index (κ1) is 21.7. The van der Waals surface area contributed by atoms with Gasteiger partial charge in [0.1, 0.15) is 12.6 Å². The molecule has 5 rings (SSSR count). The number of benzene rings is 1. The van der Waals surface area contributed by atoms with Crippen molar-refractivity contribution in [3.8, 4) is 0 Å². The third-order valence-corrected chi connectivity index (χ3v) is 7.79. The average molecular weight is 444 g/mol. The monoisotopic (exact) mass is 443 g/mol. The molecular weight excluding hydrogens is 410 g/mol. The number of carbonyl (C=O) groups excluding carboxylic acids is 2. The van der Waals surface area contributed by atoms with Crippen LogP contribution in [0.15, 0.2) is 30.3 Å². The zero-order chi connectivity index (χ0) is 22.3. The Morgan fingerprint density at radius 1 is 1.22 bits per heavy atom. The minimum Gasteiger partial charge on any atom is -0.445 e. The highest BCUT2D eigenvalue weighted by atomic mass is 16.6. The lowest BCUT2D eigenvalue weighted by molar-refractivity contribution is -0.152. The number of aliphatic hydroxyl groups excluding tert-OH is 1. The SMILES string of the molecule is CC1C(=O)N2C(CCN3CCC4(CC4)C(O)C3)COC2CN1C(=O)OCc1ccccc1. The number of likely N-dealkylation sites (tertiary alicyclic amines) is 1. The number of hydrogen-bond acceptors (Lipinski definition) is 6. The van der Waals surface area contributed by atoms with Crippen LogP contribution in [0.25, 0.3) is 0 Å². The van der Waals surface area contributed by atoms with Crippen molar-refractivity contribution in [2.24, 2.45) is 5.41 Å². The number of amides is 2. The molecule has 0 aromatic heterocycles. The van der Waals surface area contributed by atoms with Gasteiger partial charge < -0.3 is 24.4 Å². The van der Waals surface area contributed by atoms with Gasteiger partial charge in [0.15, 0.2) is 6.23 Å². The molecule has 4 aliphatic rings. The molecule has 3 heterocycles. The first-order valence-electron chi connectivity index (χ1n) is 11.8. The van der Waals surface area contributed by atoms with E-state index in [0.717, 1.165) is 50.9 Å². The Morgan fingerprint density at radius 2 is 2.00 bits per heavy atom. The molecule has 1 aromatic carbocycles. The molecule has 1 N–H and O–H groups in total. The van der Waals surface area contributed by atoms with Gasteiger partial charge in [-0.1, -0.05) is 30.3 Å². The van der Waals surface area contributed by atoms with Crippen LogP contribution in [-0.4, -0.2) is 89.0 Å². The number of fused-ring (bicyclic) bond motifs is 1. The molecule has 0 bridgehead atoms. The maximum Gasteiger partial charge on any atom is 0.410 e. The fourth-order valence-corrected chi connectivity index (χ4v) is 5.37. The summed E-state index contributed by atoms with van der Waals surface area (Å²) in [6.45, 7) is 5.32. The summed E-state index contributed by atoms with van der Waals surface area (Å²) in [5, 5.41) is 10.4. The van der Waals surface area contributed by atoms with Crippen molar-refractivity contribution in [2.45, 2.75) is 63.6 Å². The number of hydrogen-bond donors (Lipinski definition) is 1. The molecular formula is C24H33N3O5. The molecule has 3 saturated heterocycles. The maximum absolute atomic E-state index is 13.1. The van der Waals surface area contributed by atoms with Gasteiger partial charge in [-0.05, 0) is 50.1 Å². The second kappa shape index (κ2) is 8.65. The first-order valence-corrected chi connectivity index (χ1v) is 11.8. The molecule has 2 amide bonds. The standard InChI is InChI=1S/C24H33N3O5/c1-17-22(29)27-19(7-11-25-12-10-24(8-9-24)20(28)13-25)16-31-21(27)14-26(17)23(30)32-15-18-5-3-2-4-6-18/h2-6,17,19-21,28H,7-16H2,1H3. The van der Waals surface area contributed by atoms with Crippen LogP contribution in [0.1, 0.15) is 38.2 Å². The number of ether oxygens (including phenoxy) is 2. The molecule has 3 aliphatic heterocycles. The van der Waals surface area contributed by atoms with E-state index in [1.807, 2.05) is 35.2 Å². The van der Waals surface area contributed by atoms with E-state index in [0.29, 0.717) is 13.2 Å². The van der Waals surface area contributed by atoms with Gasteiger partial charge >= 0.3 is 6.09 Å². The quantitative estimate of drug-likeness (QED) is 0.748. The predicted molar refractivity (Wildman–Crippen MR) is 117 cm³/mol. The van der Waals surface area contributed by atoms with E-state index in [2.05, 4.69) is 4.90 Å². The minimum atomic E-state index is -0.578. The number of β-amino-alcohol motifs (C(OH)–C–C–N with tert-alkyl or cyclic N) is 1. The van der Waals surface area contributed by atoms with Crippen LogP contribution in [0.4, 0.5) is 4.79 Å². The van der Waals surface area contributed by atoms with E-state index in [4.69, 9.17) is 9.47 Å². The summed E-state index contributed by atoms with van der Waals surface area (Å²) in [5.74, 6) is -0.0870. The maximum atomic E-state index is 13.1. The average Bonchev–Trinajstić information content (AvgIpc) is 3.47. The van der Waals surface area contributed by atoms with Gasteiger partial charge in [-0.3, -0.25) is 9.69 Å². The van der Waals surface area contributed by atoms with Crippen LogP contribution in [0, 0.1) is 5.41 Å². The molecule has 1 spiro atoms. The van der Waals surface area contributed by atoms with Crippen molar-refractivity contribution in [3.05, 3.63) is 35.9 Å². The van der Waals surface area contributed by atoms with E-state index >= 15 is 0 Å². The van der Waals surface area contributed by atoms with Gasteiger partial charge in [0, 0.05) is 13.1 Å². The number of nitrogens with zero attached hydrogens (tertiary/aromatic N) is 3. The summed E-state index contributed by atoms with van der Waals surface area (Å²) < 4.78 is 11.4. The molecule has 8 heteroatoms. The van der Waals surface area contributed by atoms with Crippen molar-refractivity contribution in [2.75, 3.05) is 32.8 Å². The first-order chi connectivity index (χ1) is 15.5. The Kier molecular flexibility index (Phi) is 5.86. The van der Waals surface area contributed by atoms with Crippen molar-refractivity contribution >= 4 is 12.0 Å². The van der Waals surface area contributed by atoms with Crippen molar-refractivity contribution < 1.29 is 24.2 Å². The van der Waals surface area contributed by atoms with Crippen LogP contribution >= 0.6 is 0 Å². The highest BCUT2D eigenvalue weighted by Crippen LogP contribution is 2.53. The van der Waals surface area contributed by atoms with Gasteiger partial charge in [0.25, 0.3) is 0 Å². The summed E-state index contributed by atoms with van der Waals surface area (Å²) in [6.07, 6.45) is 3.06. The van der Waals surface area contributed by atoms with Crippen LogP contribution in [0.3, 0.4) is 0 Å². The second-order valence-corrected chi connectivity index (χ2v) is 9.77. The van der Waals surface area contributed by atoms with Gasteiger partial charge in [0.05, 0.1) is 25.3 Å². The highest BCUT2D eigenvalue weighted by molar-refractivity contribution is 5.87. The van der Waals surface area contributed by atoms with E-state index in [1.54, 1.807) is 6.92 Å². The van der Waals surface area contributed by atoms with Crippen LogP contribution in [0.5, 0.6) is 0 Å². The number of aliphatic hydroxyl groups is 1. The molecule has 1 aliphatic carbocycles. The number of rotatable bonds is 5. The molecule has 1 aromatic rings. The zero-order valence-corrected chi connectivity index (χ0v) is 18.7. The van der Waals surface area contributed by atoms with Gasteiger partial charge in [-0.25, -0.2) is 4.79 Å². The Bertz CT molecular complexity index is 845. The van der Waals surface area contributed by atoms with Gasteiger partial charge in [0.2, 0.25) is 5.91 Å². The summed E-state index contributed by atoms with van der Waals surface area (Å²) in [5.41, 5.74) is 1.11. The van der Waals surface area contributed by atoms with Gasteiger partial charge in [-0.2, -0.15) is 0 Å². The summed E-state index contributed by atoms with van der Waals surface area (Å²) in [4.78, 5) is 31.4. The molecule has 174 valence electrons. The van der Waals surface area contributed by atoms with E-state index in [1.165, 1.54) is 4.90 Å². The van der Waals surface area contributed by atoms with Crippen molar-refractivity contribution in [1.29, 1.82) is 0 Å². The van der Waals surface area contributed by atoms with Crippen LogP contribution in [0.2, 0.25) is 0 Å². The summed E-state index contributed by atoms with van der Waals surface area (Å²) in [7, 11) is 0. The minimum absolute atomic E-state index is 0.00592. The Morgan fingerprint density at radius 3 is 2.72 bits per heavy atom. The predicted octanol–water partition coefficient (Wildman–Crippen LogP) is 1.82.